The maximum atomic E-state index is 12.4. The summed E-state index contributed by atoms with van der Waals surface area (Å²) in [4.78, 5) is 24.1. The van der Waals surface area contributed by atoms with Crippen molar-refractivity contribution in [2.75, 3.05) is 16.0 Å². The van der Waals surface area contributed by atoms with E-state index in [-0.39, 0.29) is 6.03 Å². The van der Waals surface area contributed by atoms with Gasteiger partial charge in [0.15, 0.2) is 0 Å². The number of amides is 4. The summed E-state index contributed by atoms with van der Waals surface area (Å²) in [5.74, 6) is 0. The Bertz CT molecular complexity index is 1040. The van der Waals surface area contributed by atoms with Crippen LogP contribution >= 0.6 is 0 Å². The van der Waals surface area contributed by atoms with Gasteiger partial charge >= 0.3 is 12.1 Å². The lowest BCUT2D eigenvalue weighted by atomic mass is 10.0. The lowest BCUT2D eigenvalue weighted by Crippen LogP contribution is -2.24. The normalized spacial score (nSPS) is 9.76. The van der Waals surface area contributed by atoms with Gasteiger partial charge in [0, 0.05) is 29.5 Å². The molecule has 0 bridgehead atoms. The standard InChI is InChI=1S/C23H20N4O2/c1-2-24-22(28)26-20-14-8-6-10-17(20)16-18-11-7-9-15-21(18)27-23(29)25-19-12-4-3-5-13-19/h1,3-15H,16H2,(H2,24,26,28)(H2,25,27,29). The predicted octanol–water partition coefficient (Wildman–Crippen LogP) is 4.63. The Morgan fingerprint density at radius 1 is 0.690 bits per heavy atom. The maximum absolute atomic E-state index is 12.4. The van der Waals surface area contributed by atoms with Gasteiger partial charge in [-0.2, -0.15) is 0 Å². The molecule has 0 aliphatic heterocycles. The van der Waals surface area contributed by atoms with Gasteiger partial charge in [-0.05, 0) is 35.4 Å². The largest absolute Gasteiger partial charge is 0.330 e. The number of para-hydroxylation sites is 3. The first-order valence-electron chi connectivity index (χ1n) is 8.97. The van der Waals surface area contributed by atoms with Gasteiger partial charge in [-0.1, -0.05) is 61.0 Å². The van der Waals surface area contributed by atoms with Crippen molar-refractivity contribution in [2.45, 2.75) is 6.42 Å². The molecular formula is C23H20N4O2. The molecule has 0 aromatic heterocycles. The van der Waals surface area contributed by atoms with Gasteiger partial charge in [0.25, 0.3) is 0 Å². The summed E-state index contributed by atoms with van der Waals surface area (Å²) in [7, 11) is 0. The Hall–Kier alpha value is -4.24. The van der Waals surface area contributed by atoms with Crippen LogP contribution in [0.4, 0.5) is 26.7 Å². The van der Waals surface area contributed by atoms with E-state index in [4.69, 9.17) is 6.42 Å². The number of hydrogen-bond acceptors (Lipinski definition) is 2. The molecule has 6 nitrogen and oxygen atoms in total. The number of anilines is 3. The van der Waals surface area contributed by atoms with Crippen LogP contribution in [0, 0.1) is 12.5 Å². The van der Waals surface area contributed by atoms with E-state index in [9.17, 15) is 9.59 Å². The van der Waals surface area contributed by atoms with Gasteiger partial charge in [-0.25, -0.2) is 9.59 Å². The Morgan fingerprint density at radius 3 is 1.79 bits per heavy atom. The number of urea groups is 2. The van der Waals surface area contributed by atoms with E-state index >= 15 is 0 Å². The topological polar surface area (TPSA) is 82.3 Å². The number of carbonyl (C=O) groups excluding carboxylic acids is 2. The highest BCUT2D eigenvalue weighted by atomic mass is 16.2. The van der Waals surface area contributed by atoms with Crippen LogP contribution in [-0.2, 0) is 6.42 Å². The van der Waals surface area contributed by atoms with Crippen molar-refractivity contribution in [1.82, 2.24) is 5.32 Å². The average Bonchev–Trinajstić information content (AvgIpc) is 2.72. The number of carbonyl (C=O) groups is 2. The van der Waals surface area contributed by atoms with E-state index in [2.05, 4.69) is 27.3 Å². The van der Waals surface area contributed by atoms with Gasteiger partial charge in [0.05, 0.1) is 0 Å². The van der Waals surface area contributed by atoms with E-state index < -0.39 is 6.03 Å². The van der Waals surface area contributed by atoms with E-state index in [1.165, 1.54) is 0 Å². The van der Waals surface area contributed by atoms with Gasteiger partial charge in [0.1, 0.15) is 0 Å². The maximum Gasteiger partial charge on any atom is 0.330 e. The second kappa shape index (κ2) is 9.62. The molecule has 4 N–H and O–H groups in total. The highest BCUT2D eigenvalue weighted by Gasteiger charge is 2.11. The molecule has 0 heterocycles. The summed E-state index contributed by atoms with van der Waals surface area (Å²) in [5.41, 5.74) is 3.82. The van der Waals surface area contributed by atoms with E-state index in [1.807, 2.05) is 72.8 Å². The quantitative estimate of drug-likeness (QED) is 0.382. The van der Waals surface area contributed by atoms with Crippen molar-refractivity contribution in [3.05, 3.63) is 90.0 Å². The lowest BCUT2D eigenvalue weighted by molar-refractivity contribution is 0.255. The molecule has 0 radical (unpaired) electrons. The van der Waals surface area contributed by atoms with Crippen LogP contribution in [0.5, 0.6) is 0 Å². The summed E-state index contributed by atoms with van der Waals surface area (Å²) in [6, 6.07) is 25.4. The van der Waals surface area contributed by atoms with Crippen molar-refractivity contribution in [1.29, 1.82) is 0 Å². The SMILES string of the molecule is C#CNC(=O)Nc1ccccc1Cc1ccccc1NC(=O)Nc1ccccc1. The van der Waals surface area contributed by atoms with Gasteiger partial charge in [-0.3, -0.25) is 5.32 Å². The molecule has 0 spiro atoms. The fraction of sp³-hybridized carbons (Fsp3) is 0.0435. The van der Waals surface area contributed by atoms with Gasteiger partial charge < -0.3 is 16.0 Å². The molecule has 3 aromatic carbocycles. The van der Waals surface area contributed by atoms with Crippen molar-refractivity contribution < 1.29 is 9.59 Å². The summed E-state index contributed by atoms with van der Waals surface area (Å²) in [5, 5.41) is 10.7. The molecule has 0 atom stereocenters. The van der Waals surface area contributed by atoms with Crippen LogP contribution in [0.15, 0.2) is 78.9 Å². The predicted molar refractivity (Wildman–Crippen MR) is 116 cm³/mol. The summed E-state index contributed by atoms with van der Waals surface area (Å²) < 4.78 is 0. The Balaban J connectivity index is 1.75. The fourth-order valence-corrected chi connectivity index (χ4v) is 2.82. The van der Waals surface area contributed by atoms with Crippen LogP contribution in [0.3, 0.4) is 0 Å². The average molecular weight is 384 g/mol. The minimum Gasteiger partial charge on any atom is -0.308 e. The third-order valence-electron chi connectivity index (χ3n) is 4.13. The molecule has 0 fully saturated rings. The van der Waals surface area contributed by atoms with Crippen molar-refractivity contribution >= 4 is 29.1 Å². The monoisotopic (exact) mass is 384 g/mol. The smallest absolute Gasteiger partial charge is 0.308 e. The summed E-state index contributed by atoms with van der Waals surface area (Å²) in [6.07, 6.45) is 5.61. The first kappa shape index (κ1) is 19.5. The molecule has 6 heteroatoms. The second-order valence-corrected chi connectivity index (χ2v) is 6.16. The third kappa shape index (κ3) is 5.62. The number of hydrogen-bond donors (Lipinski definition) is 4. The van der Waals surface area contributed by atoms with Crippen LogP contribution in [-0.4, -0.2) is 12.1 Å². The molecule has 3 rings (SSSR count). The van der Waals surface area contributed by atoms with E-state index in [0.717, 1.165) is 11.1 Å². The van der Waals surface area contributed by atoms with Crippen LogP contribution in [0.1, 0.15) is 11.1 Å². The highest BCUT2D eigenvalue weighted by Crippen LogP contribution is 2.24. The first-order valence-corrected chi connectivity index (χ1v) is 8.97. The van der Waals surface area contributed by atoms with E-state index in [0.29, 0.717) is 23.5 Å². The molecule has 29 heavy (non-hydrogen) atoms. The Morgan fingerprint density at radius 2 is 1.21 bits per heavy atom. The van der Waals surface area contributed by atoms with Crippen molar-refractivity contribution in [2.24, 2.45) is 0 Å². The molecule has 0 aliphatic carbocycles. The van der Waals surface area contributed by atoms with Crippen molar-refractivity contribution in [3.63, 3.8) is 0 Å². The zero-order chi connectivity index (χ0) is 20.5. The molecule has 0 saturated carbocycles. The first-order chi connectivity index (χ1) is 14.2. The molecule has 144 valence electrons. The summed E-state index contributed by atoms with van der Waals surface area (Å²) >= 11 is 0. The van der Waals surface area contributed by atoms with Gasteiger partial charge in [0.2, 0.25) is 0 Å². The fourth-order valence-electron chi connectivity index (χ4n) is 2.82. The molecule has 0 aliphatic rings. The molecule has 3 aromatic rings. The Kier molecular flexibility index (Phi) is 6.48. The molecule has 0 saturated heterocycles. The third-order valence-corrected chi connectivity index (χ3v) is 4.13. The minimum absolute atomic E-state index is 0.330. The number of benzene rings is 3. The lowest BCUT2D eigenvalue weighted by Gasteiger charge is -2.14. The van der Waals surface area contributed by atoms with Crippen LogP contribution in [0.2, 0.25) is 0 Å². The zero-order valence-corrected chi connectivity index (χ0v) is 15.6. The number of rotatable bonds is 5. The van der Waals surface area contributed by atoms with Gasteiger partial charge in [-0.15, -0.1) is 0 Å². The number of nitrogens with one attached hydrogen (secondary N) is 4. The minimum atomic E-state index is -0.478. The highest BCUT2D eigenvalue weighted by molar-refractivity contribution is 6.00. The second-order valence-electron chi connectivity index (χ2n) is 6.16. The molecular weight excluding hydrogens is 364 g/mol. The Labute approximate surface area is 169 Å². The van der Waals surface area contributed by atoms with E-state index in [1.54, 1.807) is 6.07 Å². The summed E-state index contributed by atoms with van der Waals surface area (Å²) in [6.45, 7) is 0. The van der Waals surface area contributed by atoms with Crippen molar-refractivity contribution in [3.8, 4) is 12.5 Å². The zero-order valence-electron chi connectivity index (χ0n) is 15.6. The molecule has 0 unspecified atom stereocenters. The molecule has 4 amide bonds. The number of terminal acetylenes is 1. The van der Waals surface area contributed by atoms with Crippen LogP contribution < -0.4 is 21.3 Å². The van der Waals surface area contributed by atoms with Crippen LogP contribution in [0.25, 0.3) is 0 Å².